The molecule has 10 nitrogen and oxygen atoms in total. The third-order valence-electron chi connectivity index (χ3n) is 0.313. The van der Waals surface area contributed by atoms with Gasteiger partial charge in [0.2, 0.25) is 0 Å². The Morgan fingerprint density at radius 2 is 1.93 bits per heavy atom. The van der Waals surface area contributed by atoms with Crippen LogP contribution < -0.4 is 34.8 Å². The van der Waals surface area contributed by atoms with Crippen molar-refractivity contribution in [2.45, 2.75) is 0 Å². The molecule has 0 atom stereocenters. The van der Waals surface area contributed by atoms with Crippen molar-refractivity contribution in [3.8, 4) is 0 Å². The first kappa shape index (κ1) is 23.7. The molecule has 0 rings (SSSR count). The van der Waals surface area contributed by atoms with Gasteiger partial charge < -0.3 is 10.1 Å². The first-order valence-corrected chi connectivity index (χ1v) is 3.07. The smallest absolute Gasteiger partial charge is 0.662 e. The van der Waals surface area contributed by atoms with E-state index in [4.69, 9.17) is 21.1 Å². The van der Waals surface area contributed by atoms with Crippen LogP contribution >= 0.6 is 0 Å². The van der Waals surface area contributed by atoms with E-state index in [-0.39, 0.29) is 42.7 Å². The van der Waals surface area contributed by atoms with E-state index in [0.717, 1.165) is 0 Å². The molecule has 0 aliphatic rings. The molecule has 0 amide bonds. The van der Waals surface area contributed by atoms with Gasteiger partial charge in [-0.15, -0.1) is 0 Å². The van der Waals surface area contributed by atoms with Crippen molar-refractivity contribution < 1.29 is 44.5 Å². The standard InChI is InChI=1S/CH2N4S.CH3N3.CH2O3.Na/c2-5-3-1-4-6;1-3-4-2;2-1-4-3;/h1H2;1H3;1,3H;/q;;;+1/p-1. The summed E-state index contributed by atoms with van der Waals surface area (Å²) < 4.78 is 3.09. The molecule has 0 aromatic rings. The molecule has 0 aliphatic heterocycles. The maximum atomic E-state index is 8.64. The van der Waals surface area contributed by atoms with Gasteiger partial charge in [0.1, 0.15) is 6.67 Å². The Labute approximate surface area is 112 Å². The number of carbonyl (C=O) groups is 1. The quantitative estimate of drug-likeness (QED) is 0.101. The fourth-order valence-electron chi connectivity index (χ4n) is 0.0541. The Morgan fingerprint density at radius 1 is 1.53 bits per heavy atom. The summed E-state index contributed by atoms with van der Waals surface area (Å²) in [5.74, 6) is 0. The van der Waals surface area contributed by atoms with Crippen molar-refractivity contribution in [3.05, 3.63) is 20.9 Å². The normalized spacial score (nSPS) is 4.93. The van der Waals surface area contributed by atoms with Crippen molar-refractivity contribution in [3.63, 3.8) is 0 Å². The van der Waals surface area contributed by atoms with Gasteiger partial charge >= 0.3 is 29.6 Å². The van der Waals surface area contributed by atoms with E-state index in [9.17, 15) is 0 Å². The van der Waals surface area contributed by atoms with E-state index in [1.54, 1.807) is 0 Å². The second-order valence-corrected chi connectivity index (χ2v) is 1.24. The van der Waals surface area contributed by atoms with E-state index in [1.165, 1.54) is 7.05 Å². The summed E-state index contributed by atoms with van der Waals surface area (Å²) in [6, 6.07) is 0. The Kier molecular flexibility index (Phi) is 60.2. The third kappa shape index (κ3) is 96.7. The van der Waals surface area contributed by atoms with Crippen LogP contribution in [-0.4, -0.2) is 20.2 Å². The minimum atomic E-state index is -0.181. The van der Waals surface area contributed by atoms with Gasteiger partial charge in [-0.05, 0) is 11.1 Å². The molecule has 78 valence electrons. The molecule has 0 fully saturated rings. The molecule has 0 aliphatic carbocycles. The van der Waals surface area contributed by atoms with Gasteiger partial charge in [-0.1, -0.05) is 10.2 Å². The minimum absolute atomic E-state index is 0. The summed E-state index contributed by atoms with van der Waals surface area (Å²) in [7, 11) is 1.39. The molecular formula is C3H6N7NaO3S. The zero-order chi connectivity index (χ0) is 11.7. The first-order valence-electron chi connectivity index (χ1n) is 2.70. The molecule has 0 N–H and O–H groups in total. The minimum Gasteiger partial charge on any atom is -0.662 e. The molecule has 0 saturated carbocycles. The molecule has 0 heterocycles. The van der Waals surface area contributed by atoms with Crippen molar-refractivity contribution in [1.82, 2.24) is 0 Å². The fourth-order valence-corrected chi connectivity index (χ4v) is 0.106. The Hall–Kier alpha value is -0.930. The zero-order valence-electron chi connectivity index (χ0n) is 8.05. The molecule has 12 heteroatoms. The van der Waals surface area contributed by atoms with Crippen LogP contribution in [0.25, 0.3) is 20.9 Å². The monoisotopic (exact) mass is 243 g/mol. The first-order chi connectivity index (χ1) is 6.74. The van der Waals surface area contributed by atoms with Crippen LogP contribution in [0.3, 0.4) is 0 Å². The van der Waals surface area contributed by atoms with Crippen LogP contribution in [0.15, 0.2) is 14.6 Å². The summed E-state index contributed by atoms with van der Waals surface area (Å²) in [6.07, 6.45) is 0. The predicted molar refractivity (Wildman–Crippen MR) is 46.0 cm³/mol. The van der Waals surface area contributed by atoms with Crippen molar-refractivity contribution in [1.29, 1.82) is 0 Å². The molecule has 0 aromatic heterocycles. The van der Waals surface area contributed by atoms with Gasteiger partial charge in [-0.3, -0.25) is 4.79 Å². The Balaban J connectivity index is -0.0000000606. The Morgan fingerprint density at radius 3 is 2.00 bits per heavy atom. The number of nitrogens with zero attached hydrogens (tertiary/aromatic N) is 7. The van der Waals surface area contributed by atoms with Crippen LogP contribution in [0, 0.1) is 0 Å². The average Bonchev–Trinajstić information content (AvgIpc) is 2.27. The molecular weight excluding hydrogens is 237 g/mol. The maximum absolute atomic E-state index is 8.64. The number of rotatable bonds is 3. The molecule has 0 bridgehead atoms. The summed E-state index contributed by atoms with van der Waals surface area (Å²) in [5.41, 5.74) is 14.9. The van der Waals surface area contributed by atoms with Crippen molar-refractivity contribution in [2.75, 3.05) is 13.7 Å². The SMILES string of the molecule is CN=[N+]=[N-].O=CO[O-].[N-]=[N+]=NCN=S.[Na+]. The van der Waals surface area contributed by atoms with Gasteiger partial charge in [0.15, 0.2) is 0 Å². The van der Waals surface area contributed by atoms with E-state index in [2.05, 4.69) is 41.7 Å². The number of hydrogen-bond donors (Lipinski definition) is 0. The van der Waals surface area contributed by atoms with Crippen molar-refractivity contribution >= 4 is 18.9 Å². The van der Waals surface area contributed by atoms with Crippen molar-refractivity contribution in [2.24, 2.45) is 14.6 Å². The molecule has 0 spiro atoms. The van der Waals surface area contributed by atoms with E-state index >= 15 is 0 Å². The van der Waals surface area contributed by atoms with E-state index in [0.29, 0.717) is 0 Å². The van der Waals surface area contributed by atoms with E-state index in [1.807, 2.05) is 0 Å². The summed E-state index contributed by atoms with van der Waals surface area (Å²) >= 11 is 4.08. The number of azide groups is 2. The summed E-state index contributed by atoms with van der Waals surface area (Å²) in [6.45, 7) is -0.119. The van der Waals surface area contributed by atoms with Crippen LogP contribution in [0.5, 0.6) is 0 Å². The number of hydrogen-bond acceptors (Lipinski definition) is 7. The zero-order valence-corrected chi connectivity index (χ0v) is 10.9. The summed E-state index contributed by atoms with van der Waals surface area (Å²) in [5, 5.41) is 14.3. The third-order valence-corrected chi connectivity index (χ3v) is 0.428. The van der Waals surface area contributed by atoms with Crippen LogP contribution in [0.2, 0.25) is 0 Å². The van der Waals surface area contributed by atoms with Gasteiger partial charge in [0.25, 0.3) is 6.47 Å². The van der Waals surface area contributed by atoms with Gasteiger partial charge in [-0.2, -0.15) is 0 Å². The average molecular weight is 243 g/mol. The van der Waals surface area contributed by atoms with Crippen LogP contribution in [0.4, 0.5) is 0 Å². The Bertz CT molecular complexity index is 226. The second kappa shape index (κ2) is 38.1. The fraction of sp³-hybridized carbons (Fsp3) is 0.667. The second-order valence-electron chi connectivity index (χ2n) is 0.983. The molecule has 0 radical (unpaired) electrons. The van der Waals surface area contributed by atoms with Crippen LogP contribution in [-0.2, 0) is 22.1 Å². The molecule has 0 saturated heterocycles. The molecule has 0 unspecified atom stereocenters. The van der Waals surface area contributed by atoms with Crippen LogP contribution in [0.1, 0.15) is 0 Å². The van der Waals surface area contributed by atoms with Gasteiger partial charge in [0, 0.05) is 29.3 Å². The largest absolute Gasteiger partial charge is 1.00 e. The van der Waals surface area contributed by atoms with Gasteiger partial charge in [0.05, 0.1) is 0 Å². The molecule has 15 heavy (non-hydrogen) atoms. The van der Waals surface area contributed by atoms with Gasteiger partial charge in [-0.25, -0.2) is 4.36 Å². The van der Waals surface area contributed by atoms with E-state index < -0.39 is 0 Å². The predicted octanol–water partition coefficient (Wildman–Crippen LogP) is -2.65. The number of carbonyl (C=O) groups excluding carboxylic acids is 1. The molecule has 0 aromatic carbocycles. The summed E-state index contributed by atoms with van der Waals surface area (Å²) in [4.78, 5) is 16.0. The maximum Gasteiger partial charge on any atom is 1.00 e. The topological polar surface area (TPSA) is 159 Å².